The Morgan fingerprint density at radius 3 is 1.30 bits per heavy atom. The van der Waals surface area contributed by atoms with E-state index in [9.17, 15) is 0 Å². The molecule has 4 nitrogen and oxygen atoms in total. The molecule has 0 saturated carbocycles. The molecule has 14 aromatic carbocycles. The maximum absolute atomic E-state index is 7.19. The van der Waals surface area contributed by atoms with Gasteiger partial charge in [-0.1, -0.05) is 315 Å². The lowest BCUT2D eigenvalue weighted by Crippen LogP contribution is -2.25. The van der Waals surface area contributed by atoms with Gasteiger partial charge < -0.3 is 18.2 Å². The van der Waals surface area contributed by atoms with Crippen molar-refractivity contribution in [3.05, 3.63) is 316 Å². The van der Waals surface area contributed by atoms with E-state index >= 15 is 0 Å². The van der Waals surface area contributed by atoms with Gasteiger partial charge in [-0.15, -0.1) is 0 Å². The zero-order valence-corrected chi connectivity index (χ0v) is 68.0. The summed E-state index contributed by atoms with van der Waals surface area (Å²) < 4.78 is 21.1. The number of hydrogen-bond donors (Lipinski definition) is 0. The Hall–Kier alpha value is -11.7. The molecule has 17 aromatic rings. The molecule has 3 heterocycles. The third kappa shape index (κ3) is 10.0. The fraction of sp³-hybridized carbons (Fsp3) is 0.243. The van der Waals surface area contributed by atoms with Crippen LogP contribution in [0.4, 0.5) is 17.1 Å². The minimum Gasteiger partial charge on any atom is -0.456 e. The summed E-state index contributed by atoms with van der Waals surface area (Å²) in [6.45, 7) is 24.2. The second-order valence-corrected chi connectivity index (χ2v) is 36.4. The third-order valence-corrected chi connectivity index (χ3v) is 28.5. The van der Waals surface area contributed by atoms with Crippen molar-refractivity contribution >= 4 is 82.9 Å². The van der Waals surface area contributed by atoms with Crippen molar-refractivity contribution in [1.29, 1.82) is 0 Å². The monoisotopic (exact) mass is 1490 g/mol. The van der Waals surface area contributed by atoms with Gasteiger partial charge in [0, 0.05) is 76.5 Å². The van der Waals surface area contributed by atoms with E-state index in [1.807, 2.05) is 0 Å². The van der Waals surface area contributed by atoms with Gasteiger partial charge in [0.25, 0.3) is 0 Å². The Morgan fingerprint density at radius 2 is 0.678 bits per heavy atom. The highest BCUT2D eigenvalue weighted by atomic mass is 16.3. The molecule has 0 amide bonds. The van der Waals surface area contributed by atoms with Gasteiger partial charge in [-0.25, -0.2) is 0 Å². The summed E-state index contributed by atoms with van der Waals surface area (Å²) in [6, 6.07) is 99.4. The summed E-state index contributed by atoms with van der Waals surface area (Å²) in [4.78, 5) is 2.52. The fourth-order valence-corrected chi connectivity index (χ4v) is 22.8. The smallest absolute Gasteiger partial charge is 0.144 e. The molecule has 5 aliphatic rings. The van der Waals surface area contributed by atoms with Gasteiger partial charge in [-0.3, -0.25) is 0 Å². The number of unbranched alkanes of at least 4 members (excludes halogenated alkanes) is 8. The normalized spacial score (nSPS) is 15.5. The molecule has 0 fully saturated rings. The average Bonchev–Trinajstić information content (AvgIpc) is 1.52. The molecule has 564 valence electrons. The zero-order chi connectivity index (χ0) is 77.8. The van der Waals surface area contributed by atoms with Gasteiger partial charge in [0.1, 0.15) is 33.5 Å². The predicted octanol–water partition coefficient (Wildman–Crippen LogP) is 32.1. The Bertz CT molecular complexity index is 6940. The molecule has 0 atom stereocenters. The van der Waals surface area contributed by atoms with Crippen molar-refractivity contribution in [2.24, 2.45) is 0 Å². The lowest BCUT2D eigenvalue weighted by atomic mass is 9.70. The zero-order valence-electron chi connectivity index (χ0n) is 68.0. The number of rotatable bonds is 18. The molecular weight excluding hydrogens is 1400 g/mol. The van der Waals surface area contributed by atoms with Crippen molar-refractivity contribution in [1.82, 2.24) is 0 Å². The summed E-state index contributed by atoms with van der Waals surface area (Å²) >= 11 is 0. The molecule has 0 spiro atoms. The van der Waals surface area contributed by atoms with Gasteiger partial charge in [0.05, 0.1) is 11.1 Å². The second kappa shape index (κ2) is 25.6. The number of furan rings is 3. The molecule has 0 aliphatic heterocycles. The Morgan fingerprint density at radius 1 is 0.261 bits per heavy atom. The Kier molecular flexibility index (Phi) is 15.6. The van der Waals surface area contributed by atoms with E-state index in [1.54, 1.807) is 11.1 Å². The average molecular weight is 1490 g/mol. The van der Waals surface area contributed by atoms with E-state index in [2.05, 4.69) is 335 Å². The van der Waals surface area contributed by atoms with E-state index in [1.165, 1.54) is 205 Å². The maximum atomic E-state index is 7.19. The van der Waals surface area contributed by atoms with Crippen LogP contribution in [0, 0.1) is 0 Å². The molecule has 0 radical (unpaired) electrons. The van der Waals surface area contributed by atoms with Crippen LogP contribution in [0.1, 0.15) is 202 Å². The van der Waals surface area contributed by atoms with Crippen molar-refractivity contribution in [2.45, 2.75) is 173 Å². The van der Waals surface area contributed by atoms with Crippen molar-refractivity contribution < 1.29 is 13.3 Å². The van der Waals surface area contributed by atoms with E-state index in [4.69, 9.17) is 13.3 Å². The van der Waals surface area contributed by atoms with E-state index < -0.39 is 10.8 Å². The van der Waals surface area contributed by atoms with Gasteiger partial charge in [0.2, 0.25) is 0 Å². The first-order valence-electron chi connectivity index (χ1n) is 42.7. The van der Waals surface area contributed by atoms with Gasteiger partial charge in [-0.2, -0.15) is 0 Å². The van der Waals surface area contributed by atoms with Gasteiger partial charge in [-0.05, 0) is 225 Å². The highest BCUT2D eigenvalue weighted by Crippen LogP contribution is 2.65. The summed E-state index contributed by atoms with van der Waals surface area (Å²) in [7, 11) is 0. The lowest BCUT2D eigenvalue weighted by molar-refractivity contribution is 0.399. The fourth-order valence-electron chi connectivity index (χ4n) is 22.8. The van der Waals surface area contributed by atoms with Gasteiger partial charge in [0.15, 0.2) is 0 Å². The van der Waals surface area contributed by atoms with Crippen LogP contribution in [0.2, 0.25) is 0 Å². The molecule has 115 heavy (non-hydrogen) atoms. The first-order valence-corrected chi connectivity index (χ1v) is 42.7. The summed E-state index contributed by atoms with van der Waals surface area (Å²) in [5.74, 6) is 0. The van der Waals surface area contributed by atoms with Crippen LogP contribution in [-0.4, -0.2) is 0 Å². The lowest BCUT2D eigenvalue weighted by Gasteiger charge is -2.33. The van der Waals surface area contributed by atoms with Crippen LogP contribution in [0.25, 0.3) is 155 Å². The molecule has 0 saturated heterocycles. The molecule has 3 aromatic heterocycles. The van der Waals surface area contributed by atoms with Crippen molar-refractivity contribution in [3.8, 4) is 89.0 Å². The topological polar surface area (TPSA) is 42.7 Å². The number of nitrogens with zero attached hydrogens (tertiary/aromatic N) is 1. The maximum Gasteiger partial charge on any atom is 0.144 e. The Balaban J connectivity index is 0.620. The van der Waals surface area contributed by atoms with Crippen LogP contribution in [-0.2, 0) is 27.1 Å². The molecule has 0 unspecified atom stereocenters. The first-order chi connectivity index (χ1) is 56.0. The first kappa shape index (κ1) is 70.0. The quantitative estimate of drug-likeness (QED) is 0.0803. The number of fused-ring (bicyclic) bond motifs is 28. The van der Waals surface area contributed by atoms with E-state index in [-0.39, 0.29) is 16.2 Å². The number of benzene rings is 14. The molecular formula is C111H97NO3. The van der Waals surface area contributed by atoms with Crippen LogP contribution in [0.5, 0.6) is 0 Å². The van der Waals surface area contributed by atoms with Crippen molar-refractivity contribution in [3.63, 3.8) is 0 Å². The number of hydrogen-bond acceptors (Lipinski definition) is 4. The molecule has 0 N–H and O–H groups in total. The van der Waals surface area contributed by atoms with Crippen LogP contribution >= 0.6 is 0 Å². The van der Waals surface area contributed by atoms with E-state index in [0.29, 0.717) is 0 Å². The highest BCUT2D eigenvalue weighted by molar-refractivity contribution is 6.22. The SMILES string of the molecule is CCCCCCCC1(CCCCCCC)c2ccccc2-c2ccc(-c3ccc4c(c3)C(C)(C)c3cc(-c5ccc(-c6cc7c(c8c6oc6ccccc68)-c6ccc(N(c8ccc9c(c8)C(C)(C)c8c%10c(c%11oc%12ccccc%12c%11c8-9)-c8ccccc8C%10(C)C)c8cccc9oc%10ccccc%10c89)cc6C7(C)C)cc5)ccc3-4)cc21. The second-order valence-electron chi connectivity index (χ2n) is 36.4. The predicted molar refractivity (Wildman–Crippen MR) is 482 cm³/mol. The highest BCUT2D eigenvalue weighted by Gasteiger charge is 2.50. The van der Waals surface area contributed by atoms with Crippen LogP contribution < -0.4 is 4.90 Å². The summed E-state index contributed by atoms with van der Waals surface area (Å²) in [6.07, 6.45) is 15.4. The minimum atomic E-state index is -0.428. The third-order valence-electron chi connectivity index (χ3n) is 28.5. The van der Waals surface area contributed by atoms with E-state index in [0.717, 1.165) is 88.6 Å². The van der Waals surface area contributed by atoms with Crippen LogP contribution in [0.3, 0.4) is 0 Å². The largest absolute Gasteiger partial charge is 0.456 e. The molecule has 0 bridgehead atoms. The standard InChI is InChI=1S/C111H97NO3/c1-11-13-15-17-29-58-111(59-30-18-16-14-12-2)85-38-25-19-32-73(85)76-55-50-70(62-90(76)111)69-49-54-75-74-53-48-68(60-86(74)107(3,4)87(75)61-69)66-44-46-67(47-45-66)83-65-91-97(100-81-35-22-27-41-94(81)114-105(83)100)78-56-51-71(63-88(78)108(91,5)6)112(92-39-31-43-96-98(92)80-34-21-26-40-93(80)113-96)72-52-57-79-89(64-72)110(9,10)103-99(79)101-82-36-23-28-42-95(82)115-106(101)102-77-33-20-24-37-84(77)109(7,8)104(102)103/h19-28,31-57,60-65H,11-18,29-30,58-59H2,1-10H3. The molecule has 4 heteroatoms. The van der Waals surface area contributed by atoms with Crippen LogP contribution in [0.15, 0.2) is 274 Å². The molecule has 22 rings (SSSR count). The Labute approximate surface area is 675 Å². The molecule has 5 aliphatic carbocycles. The minimum absolute atomic E-state index is 0.0390. The number of para-hydroxylation sites is 3. The summed E-state index contributed by atoms with van der Waals surface area (Å²) in [5, 5.41) is 6.82. The van der Waals surface area contributed by atoms with Gasteiger partial charge >= 0.3 is 0 Å². The van der Waals surface area contributed by atoms with Crippen molar-refractivity contribution in [2.75, 3.05) is 4.90 Å². The summed E-state index contributed by atoms with van der Waals surface area (Å²) in [5.41, 5.74) is 41.6. The number of anilines is 3.